The molecule has 0 bridgehead atoms. The smallest absolute Gasteiger partial charge is 0.191 e. The van der Waals surface area contributed by atoms with Crippen molar-refractivity contribution in [1.29, 1.82) is 0 Å². The van der Waals surface area contributed by atoms with E-state index in [1.165, 1.54) is 5.56 Å². The van der Waals surface area contributed by atoms with Gasteiger partial charge in [0.15, 0.2) is 10.2 Å². The van der Waals surface area contributed by atoms with Crippen LogP contribution < -0.4 is 21.5 Å². The Bertz CT molecular complexity index is 888. The minimum Gasteiger partial charge on any atom is -0.364 e. The predicted molar refractivity (Wildman–Crippen MR) is 119 cm³/mol. The topological polar surface area (TPSA) is 72.8 Å². The molecule has 0 aliphatic rings. The number of nitrogens with one attached hydrogen (secondary N) is 4. The van der Waals surface area contributed by atoms with Crippen molar-refractivity contribution in [3.63, 3.8) is 0 Å². The van der Waals surface area contributed by atoms with Crippen LogP contribution in [-0.4, -0.2) is 28.7 Å². The second kappa shape index (κ2) is 9.21. The maximum atomic E-state index is 5.34. The van der Waals surface area contributed by atoms with Crippen LogP contribution in [0.1, 0.15) is 19.4 Å². The number of rotatable bonds is 4. The highest BCUT2D eigenvalue weighted by Crippen LogP contribution is 2.24. The minimum atomic E-state index is 0.406. The molecule has 0 fully saturated rings. The van der Waals surface area contributed by atoms with E-state index in [2.05, 4.69) is 62.9 Å². The van der Waals surface area contributed by atoms with Gasteiger partial charge in [-0.05, 0) is 56.7 Å². The molecule has 26 heavy (non-hydrogen) atoms. The number of hydrogen-bond acceptors (Lipinski definition) is 4. The van der Waals surface area contributed by atoms with Gasteiger partial charge in [-0.15, -0.1) is 0 Å². The number of nitrogens with zero attached hydrogens (tertiary/aromatic N) is 2. The van der Waals surface area contributed by atoms with E-state index in [1.807, 2.05) is 26.0 Å². The Balaban J connectivity index is 2.04. The van der Waals surface area contributed by atoms with Crippen LogP contribution in [0.5, 0.6) is 0 Å². The van der Waals surface area contributed by atoms with E-state index in [1.54, 1.807) is 7.05 Å². The first kappa shape index (κ1) is 19.7. The van der Waals surface area contributed by atoms with Gasteiger partial charge in [0.25, 0.3) is 0 Å². The molecule has 0 saturated carbocycles. The van der Waals surface area contributed by atoms with E-state index in [4.69, 9.17) is 24.4 Å². The van der Waals surface area contributed by atoms with Crippen molar-refractivity contribution in [2.24, 2.45) is 10.2 Å². The van der Waals surface area contributed by atoms with Crippen molar-refractivity contribution in [3.05, 3.63) is 42.0 Å². The Kier molecular flexibility index (Phi) is 6.99. The average Bonchev–Trinajstić information content (AvgIpc) is 2.63. The quantitative estimate of drug-likeness (QED) is 0.367. The third-order valence-corrected chi connectivity index (χ3v) is 4.17. The molecule has 0 amide bonds. The Hall–Kier alpha value is -2.58. The highest BCUT2D eigenvalue weighted by Gasteiger charge is 2.04. The Morgan fingerprint density at radius 2 is 1.58 bits per heavy atom. The molecule has 2 aromatic rings. The number of hydrazone groups is 2. The first-order valence-electron chi connectivity index (χ1n) is 8.03. The molecule has 0 radical (unpaired) electrons. The summed E-state index contributed by atoms with van der Waals surface area (Å²) in [5.74, 6) is 0. The Morgan fingerprint density at radius 1 is 0.923 bits per heavy atom. The summed E-state index contributed by atoms with van der Waals surface area (Å²) >= 11 is 10.3. The van der Waals surface area contributed by atoms with Crippen molar-refractivity contribution in [1.82, 2.24) is 16.2 Å². The maximum absolute atomic E-state index is 5.34. The standard InChI is InChI=1S/C18H22N6S2/c1-11-8-9-15-14(10-11)6-5-7-16(15)20-18(26)24-22-13(3)12(2)21-23-17(25)19-4/h5-10H,1-4H3,(H2,19,23,25)(H2,20,24,26). The zero-order valence-electron chi connectivity index (χ0n) is 15.2. The third kappa shape index (κ3) is 5.47. The highest BCUT2D eigenvalue weighted by atomic mass is 32.1. The maximum Gasteiger partial charge on any atom is 0.191 e. The predicted octanol–water partition coefficient (Wildman–Crippen LogP) is 3.28. The highest BCUT2D eigenvalue weighted by molar-refractivity contribution is 7.80. The molecule has 0 saturated heterocycles. The van der Waals surface area contributed by atoms with Crippen LogP contribution >= 0.6 is 24.4 Å². The van der Waals surface area contributed by atoms with Gasteiger partial charge in [-0.25, -0.2) is 0 Å². The van der Waals surface area contributed by atoms with Gasteiger partial charge in [0.05, 0.1) is 11.4 Å². The molecule has 0 aliphatic heterocycles. The molecule has 0 aliphatic carbocycles. The first-order chi connectivity index (χ1) is 12.4. The van der Waals surface area contributed by atoms with E-state index < -0.39 is 0 Å². The van der Waals surface area contributed by atoms with Gasteiger partial charge in [0.2, 0.25) is 0 Å². The minimum absolute atomic E-state index is 0.406. The number of aryl methyl sites for hydroxylation is 1. The number of fused-ring (bicyclic) bond motifs is 1. The molecule has 0 heterocycles. The summed E-state index contributed by atoms with van der Waals surface area (Å²) in [4.78, 5) is 0. The largest absolute Gasteiger partial charge is 0.364 e. The van der Waals surface area contributed by atoms with Crippen molar-refractivity contribution in [2.45, 2.75) is 20.8 Å². The summed E-state index contributed by atoms with van der Waals surface area (Å²) < 4.78 is 0. The number of benzene rings is 2. The summed E-state index contributed by atoms with van der Waals surface area (Å²) in [5, 5.41) is 17.5. The summed E-state index contributed by atoms with van der Waals surface area (Å²) in [5.41, 5.74) is 9.09. The van der Waals surface area contributed by atoms with E-state index in [9.17, 15) is 0 Å². The monoisotopic (exact) mass is 386 g/mol. The average molecular weight is 387 g/mol. The van der Waals surface area contributed by atoms with E-state index in [0.717, 1.165) is 16.5 Å². The number of hydrogen-bond donors (Lipinski definition) is 4. The summed E-state index contributed by atoms with van der Waals surface area (Å²) in [6, 6.07) is 12.4. The Labute approximate surface area is 164 Å². The second-order valence-corrected chi connectivity index (χ2v) is 6.50. The van der Waals surface area contributed by atoms with Crippen molar-refractivity contribution in [2.75, 3.05) is 12.4 Å². The molecule has 4 N–H and O–H groups in total. The van der Waals surface area contributed by atoms with Gasteiger partial charge in [-0.2, -0.15) is 10.2 Å². The molecule has 2 aromatic carbocycles. The van der Waals surface area contributed by atoms with Crippen LogP contribution in [0.3, 0.4) is 0 Å². The lowest BCUT2D eigenvalue weighted by Gasteiger charge is -2.11. The molecule has 136 valence electrons. The fraction of sp³-hybridized carbons (Fsp3) is 0.222. The van der Waals surface area contributed by atoms with Crippen LogP contribution in [0.15, 0.2) is 46.6 Å². The lowest BCUT2D eigenvalue weighted by Crippen LogP contribution is -2.30. The van der Waals surface area contributed by atoms with Crippen LogP contribution in [0, 0.1) is 6.92 Å². The zero-order chi connectivity index (χ0) is 19.1. The van der Waals surface area contributed by atoms with Gasteiger partial charge >= 0.3 is 0 Å². The summed E-state index contributed by atoms with van der Waals surface area (Å²) in [7, 11) is 1.72. The van der Waals surface area contributed by atoms with Crippen LogP contribution in [-0.2, 0) is 0 Å². The fourth-order valence-electron chi connectivity index (χ4n) is 2.15. The van der Waals surface area contributed by atoms with Gasteiger partial charge in [-0.1, -0.05) is 35.9 Å². The van der Waals surface area contributed by atoms with Crippen molar-refractivity contribution >= 4 is 62.5 Å². The molecule has 0 aromatic heterocycles. The van der Waals surface area contributed by atoms with Gasteiger partial charge < -0.3 is 10.6 Å². The fourth-order valence-corrected chi connectivity index (χ4v) is 2.35. The third-order valence-electron chi connectivity index (χ3n) is 3.69. The summed E-state index contributed by atoms with van der Waals surface area (Å²) in [6.07, 6.45) is 0. The molecule has 0 unspecified atom stereocenters. The number of thiocarbonyl (C=S) groups is 2. The summed E-state index contributed by atoms with van der Waals surface area (Å²) in [6.45, 7) is 5.74. The molecular weight excluding hydrogens is 364 g/mol. The van der Waals surface area contributed by atoms with E-state index >= 15 is 0 Å². The van der Waals surface area contributed by atoms with Crippen molar-refractivity contribution < 1.29 is 0 Å². The van der Waals surface area contributed by atoms with Crippen molar-refractivity contribution in [3.8, 4) is 0 Å². The van der Waals surface area contributed by atoms with E-state index in [0.29, 0.717) is 21.6 Å². The molecule has 0 atom stereocenters. The molecular formula is C18H22N6S2. The second-order valence-electron chi connectivity index (χ2n) is 5.68. The van der Waals surface area contributed by atoms with Gasteiger partial charge in [-0.3, -0.25) is 10.9 Å². The van der Waals surface area contributed by atoms with Crippen LogP contribution in [0.2, 0.25) is 0 Å². The molecule has 0 spiro atoms. The molecule has 8 heteroatoms. The lowest BCUT2D eigenvalue weighted by molar-refractivity contribution is 0.974. The van der Waals surface area contributed by atoms with E-state index in [-0.39, 0.29) is 0 Å². The molecule has 2 rings (SSSR count). The van der Waals surface area contributed by atoms with Gasteiger partial charge in [0.1, 0.15) is 0 Å². The zero-order valence-corrected chi connectivity index (χ0v) is 16.8. The lowest BCUT2D eigenvalue weighted by atomic mass is 10.1. The van der Waals surface area contributed by atoms with Crippen LogP contribution in [0.25, 0.3) is 10.8 Å². The van der Waals surface area contributed by atoms with Gasteiger partial charge in [0, 0.05) is 18.1 Å². The first-order valence-corrected chi connectivity index (χ1v) is 8.85. The number of anilines is 1. The molecule has 6 nitrogen and oxygen atoms in total. The van der Waals surface area contributed by atoms with Crippen LogP contribution in [0.4, 0.5) is 5.69 Å². The Morgan fingerprint density at radius 3 is 2.23 bits per heavy atom. The normalized spacial score (nSPS) is 11.8. The SMILES string of the molecule is CNC(=S)NN=C(C)C(C)=NNC(=S)Nc1cccc2cc(C)ccc12.